The molecule has 17 heavy (non-hydrogen) atoms. The van der Waals surface area contributed by atoms with Crippen LogP contribution in [-0.4, -0.2) is 9.97 Å². The Kier molecular flexibility index (Phi) is 2.65. The van der Waals surface area contributed by atoms with Crippen LogP contribution in [-0.2, 0) is 0 Å². The van der Waals surface area contributed by atoms with Gasteiger partial charge in [-0.2, -0.15) is 0 Å². The largest absolute Gasteiger partial charge is 0.437 e. The Morgan fingerprint density at radius 2 is 2.12 bits per heavy atom. The monoisotopic (exact) mass is 236 g/mol. The highest BCUT2D eigenvalue weighted by atomic mass is 19.1. The Bertz CT molecular complexity index is 611. The first-order valence-corrected chi connectivity index (χ1v) is 4.64. The maximum absolute atomic E-state index is 13.1. The van der Waals surface area contributed by atoms with Crippen molar-refractivity contribution in [1.82, 2.24) is 9.97 Å². The molecule has 1 heterocycles. The van der Waals surface area contributed by atoms with Gasteiger partial charge in [0.25, 0.3) is 5.56 Å². The minimum absolute atomic E-state index is 0.00388. The van der Waals surface area contributed by atoms with Gasteiger partial charge in [-0.05, 0) is 12.1 Å². The van der Waals surface area contributed by atoms with Gasteiger partial charge < -0.3 is 21.2 Å². The number of hydrogen-bond donors (Lipinski definition) is 3. The molecule has 0 unspecified atom stereocenters. The van der Waals surface area contributed by atoms with Crippen molar-refractivity contribution in [1.29, 1.82) is 0 Å². The molecule has 0 amide bonds. The lowest BCUT2D eigenvalue weighted by Crippen LogP contribution is -2.13. The highest BCUT2D eigenvalue weighted by Gasteiger charge is 2.08. The standard InChI is InChI=1S/C10H9FN4O2/c11-6-3-5(1-2-7(6)12)17-10-8(13)9(16)14-4-15-10/h1-4H,12-13H2,(H,14,15,16). The molecule has 0 aliphatic rings. The highest BCUT2D eigenvalue weighted by Crippen LogP contribution is 2.24. The summed E-state index contributed by atoms with van der Waals surface area (Å²) < 4.78 is 18.3. The number of hydrogen-bond acceptors (Lipinski definition) is 5. The molecule has 0 saturated carbocycles. The molecule has 88 valence electrons. The van der Waals surface area contributed by atoms with Crippen LogP contribution in [0.3, 0.4) is 0 Å². The van der Waals surface area contributed by atoms with Crippen molar-refractivity contribution in [3.05, 3.63) is 40.7 Å². The zero-order chi connectivity index (χ0) is 12.4. The van der Waals surface area contributed by atoms with Crippen LogP contribution in [0.25, 0.3) is 0 Å². The van der Waals surface area contributed by atoms with Crippen molar-refractivity contribution in [3.63, 3.8) is 0 Å². The second-order valence-corrected chi connectivity index (χ2v) is 3.24. The second kappa shape index (κ2) is 4.12. The molecule has 0 atom stereocenters. The number of nitrogen functional groups attached to an aromatic ring is 2. The molecule has 0 aliphatic carbocycles. The van der Waals surface area contributed by atoms with Gasteiger partial charge in [0.05, 0.1) is 12.0 Å². The van der Waals surface area contributed by atoms with E-state index in [1.165, 1.54) is 12.1 Å². The van der Waals surface area contributed by atoms with Crippen molar-refractivity contribution >= 4 is 11.4 Å². The fourth-order valence-corrected chi connectivity index (χ4v) is 1.16. The van der Waals surface area contributed by atoms with Gasteiger partial charge in [-0.25, -0.2) is 9.37 Å². The van der Waals surface area contributed by atoms with Crippen LogP contribution in [0.1, 0.15) is 0 Å². The summed E-state index contributed by atoms with van der Waals surface area (Å²) in [5.74, 6) is -0.551. The van der Waals surface area contributed by atoms with Crippen LogP contribution in [0.4, 0.5) is 15.8 Å². The summed E-state index contributed by atoms with van der Waals surface area (Å²) >= 11 is 0. The van der Waals surface area contributed by atoms with Crippen molar-refractivity contribution < 1.29 is 9.13 Å². The van der Waals surface area contributed by atoms with E-state index in [0.717, 1.165) is 12.4 Å². The number of nitrogens with zero attached hydrogens (tertiary/aromatic N) is 1. The van der Waals surface area contributed by atoms with Gasteiger partial charge in [0.1, 0.15) is 11.6 Å². The number of anilines is 2. The van der Waals surface area contributed by atoms with Crippen LogP contribution >= 0.6 is 0 Å². The molecule has 1 aromatic carbocycles. The van der Waals surface area contributed by atoms with Crippen LogP contribution in [0.15, 0.2) is 29.3 Å². The molecule has 5 N–H and O–H groups in total. The van der Waals surface area contributed by atoms with E-state index in [0.29, 0.717) is 0 Å². The van der Waals surface area contributed by atoms with Crippen LogP contribution in [0.2, 0.25) is 0 Å². The van der Waals surface area contributed by atoms with E-state index in [2.05, 4.69) is 9.97 Å². The van der Waals surface area contributed by atoms with Crippen LogP contribution in [0, 0.1) is 5.82 Å². The predicted octanol–water partition coefficient (Wildman–Crippen LogP) is 0.866. The van der Waals surface area contributed by atoms with E-state index in [4.69, 9.17) is 16.2 Å². The van der Waals surface area contributed by atoms with Gasteiger partial charge in [-0.3, -0.25) is 4.79 Å². The maximum atomic E-state index is 13.1. The normalized spacial score (nSPS) is 10.2. The van der Waals surface area contributed by atoms with Crippen LogP contribution < -0.4 is 21.8 Å². The summed E-state index contributed by atoms with van der Waals surface area (Å²) in [5.41, 5.74) is 10.1. The van der Waals surface area contributed by atoms with Gasteiger partial charge in [0.15, 0.2) is 5.69 Å². The molecular formula is C10H9FN4O2. The molecular weight excluding hydrogens is 227 g/mol. The minimum atomic E-state index is -0.620. The number of aromatic amines is 1. The molecule has 0 fully saturated rings. The number of nitrogens with one attached hydrogen (secondary N) is 1. The molecule has 0 spiro atoms. The average molecular weight is 236 g/mol. The lowest BCUT2D eigenvalue weighted by atomic mass is 10.3. The predicted molar refractivity (Wildman–Crippen MR) is 60.2 cm³/mol. The Morgan fingerprint density at radius 3 is 2.82 bits per heavy atom. The molecule has 0 radical (unpaired) electrons. The SMILES string of the molecule is Nc1ccc(Oc2nc[nH]c(=O)c2N)cc1F. The number of ether oxygens (including phenoxy) is 1. The van der Waals surface area contributed by atoms with E-state index < -0.39 is 11.4 Å². The minimum Gasteiger partial charge on any atom is -0.437 e. The van der Waals surface area contributed by atoms with Gasteiger partial charge in [0, 0.05) is 6.07 Å². The molecule has 7 heteroatoms. The van der Waals surface area contributed by atoms with E-state index >= 15 is 0 Å². The number of H-pyrrole nitrogens is 1. The first-order chi connectivity index (χ1) is 8.08. The number of rotatable bonds is 2. The van der Waals surface area contributed by atoms with Crippen LogP contribution in [0.5, 0.6) is 11.6 Å². The zero-order valence-corrected chi connectivity index (χ0v) is 8.61. The van der Waals surface area contributed by atoms with Gasteiger partial charge in [0.2, 0.25) is 5.88 Å². The summed E-state index contributed by atoms with van der Waals surface area (Å²) in [4.78, 5) is 17.2. The summed E-state index contributed by atoms with van der Waals surface area (Å²) in [5, 5.41) is 0. The summed E-state index contributed by atoms with van der Waals surface area (Å²) in [7, 11) is 0. The highest BCUT2D eigenvalue weighted by molar-refractivity contribution is 5.49. The Labute approximate surface area is 95.0 Å². The maximum Gasteiger partial charge on any atom is 0.277 e. The van der Waals surface area contributed by atoms with E-state index in [9.17, 15) is 9.18 Å². The molecule has 0 aliphatic heterocycles. The first-order valence-electron chi connectivity index (χ1n) is 4.64. The van der Waals surface area contributed by atoms with Crippen molar-refractivity contribution in [2.24, 2.45) is 0 Å². The van der Waals surface area contributed by atoms with Gasteiger partial charge in [-0.15, -0.1) is 0 Å². The first kappa shape index (κ1) is 10.9. The van der Waals surface area contributed by atoms with Gasteiger partial charge in [-0.1, -0.05) is 0 Å². The molecule has 1 aromatic heterocycles. The molecule has 0 saturated heterocycles. The molecule has 2 aromatic rings. The van der Waals surface area contributed by atoms with Crippen molar-refractivity contribution in [2.45, 2.75) is 0 Å². The van der Waals surface area contributed by atoms with E-state index in [1.54, 1.807) is 0 Å². The van der Waals surface area contributed by atoms with Gasteiger partial charge >= 0.3 is 0 Å². The topological polar surface area (TPSA) is 107 Å². The van der Waals surface area contributed by atoms with E-state index in [1.807, 2.05) is 0 Å². The third-order valence-corrected chi connectivity index (χ3v) is 2.04. The third-order valence-electron chi connectivity index (χ3n) is 2.04. The second-order valence-electron chi connectivity index (χ2n) is 3.24. The lowest BCUT2D eigenvalue weighted by molar-refractivity contribution is 0.459. The summed E-state index contributed by atoms with van der Waals surface area (Å²) in [6.07, 6.45) is 1.14. The molecule has 0 bridgehead atoms. The number of nitrogens with two attached hydrogens (primary N) is 2. The quantitative estimate of drug-likeness (QED) is 0.670. The number of benzene rings is 1. The molecule has 2 rings (SSSR count). The lowest BCUT2D eigenvalue weighted by Gasteiger charge is -2.06. The smallest absolute Gasteiger partial charge is 0.277 e. The number of aromatic nitrogens is 2. The molecule has 6 nitrogen and oxygen atoms in total. The van der Waals surface area contributed by atoms with Crippen molar-refractivity contribution in [2.75, 3.05) is 11.5 Å². The van der Waals surface area contributed by atoms with E-state index in [-0.39, 0.29) is 23.0 Å². The Morgan fingerprint density at radius 1 is 1.35 bits per heavy atom. The Balaban J connectivity index is 2.35. The fourth-order valence-electron chi connectivity index (χ4n) is 1.16. The zero-order valence-electron chi connectivity index (χ0n) is 8.61. The Hall–Kier alpha value is -2.57. The summed E-state index contributed by atoms with van der Waals surface area (Å²) in [6.45, 7) is 0. The summed E-state index contributed by atoms with van der Waals surface area (Å²) in [6, 6.07) is 3.87. The third kappa shape index (κ3) is 2.17. The fraction of sp³-hybridized carbons (Fsp3) is 0. The number of halogens is 1. The van der Waals surface area contributed by atoms with Crippen molar-refractivity contribution in [3.8, 4) is 11.6 Å². The average Bonchev–Trinajstić information content (AvgIpc) is 2.30.